The minimum atomic E-state index is 0.925. The van der Waals surface area contributed by atoms with Crippen LogP contribution in [0.1, 0.15) is 5.56 Å². The van der Waals surface area contributed by atoms with Gasteiger partial charge in [0, 0.05) is 16.3 Å². The zero-order chi connectivity index (χ0) is 12.8. The summed E-state index contributed by atoms with van der Waals surface area (Å²) in [7, 11) is 0. The van der Waals surface area contributed by atoms with E-state index in [0.29, 0.717) is 0 Å². The van der Waals surface area contributed by atoms with E-state index in [2.05, 4.69) is 37.3 Å². The first-order valence-electron chi connectivity index (χ1n) is 6.28. The second-order valence-corrected chi connectivity index (χ2v) is 4.74. The first-order valence-corrected chi connectivity index (χ1v) is 6.28. The normalized spacial score (nSPS) is 11.4. The first-order chi connectivity index (χ1) is 9.34. The molecule has 2 aromatic heterocycles. The second kappa shape index (κ2) is 3.75. The standard InChI is InChI=1S/C17H12O2/c1-11-5-6-13(15-8-10-18-16(11)15)14-4-2-3-12-7-9-19-17(12)14/h2-10H,1H3. The van der Waals surface area contributed by atoms with Gasteiger partial charge in [0.25, 0.3) is 0 Å². The van der Waals surface area contributed by atoms with Crippen molar-refractivity contribution < 1.29 is 8.83 Å². The summed E-state index contributed by atoms with van der Waals surface area (Å²) in [4.78, 5) is 0. The Bertz CT molecular complexity index is 880. The Labute approximate surface area is 110 Å². The Morgan fingerprint density at radius 2 is 1.58 bits per heavy atom. The highest BCUT2D eigenvalue weighted by molar-refractivity contribution is 6.02. The van der Waals surface area contributed by atoms with Crippen molar-refractivity contribution in [2.75, 3.05) is 0 Å². The van der Waals surface area contributed by atoms with Crippen molar-refractivity contribution in [2.24, 2.45) is 0 Å². The Morgan fingerprint density at radius 1 is 0.737 bits per heavy atom. The molecule has 0 saturated carbocycles. The fourth-order valence-corrected chi connectivity index (χ4v) is 2.64. The van der Waals surface area contributed by atoms with Gasteiger partial charge in [-0.2, -0.15) is 0 Å². The fourth-order valence-electron chi connectivity index (χ4n) is 2.64. The smallest absolute Gasteiger partial charge is 0.141 e. The van der Waals surface area contributed by atoms with Gasteiger partial charge in [0.15, 0.2) is 0 Å². The summed E-state index contributed by atoms with van der Waals surface area (Å²) in [6.07, 6.45) is 3.47. The van der Waals surface area contributed by atoms with Crippen molar-refractivity contribution in [3.63, 3.8) is 0 Å². The van der Waals surface area contributed by atoms with Crippen molar-refractivity contribution in [1.82, 2.24) is 0 Å². The molecule has 2 heterocycles. The molecule has 0 aliphatic carbocycles. The van der Waals surface area contributed by atoms with Gasteiger partial charge in [0.05, 0.1) is 12.5 Å². The topological polar surface area (TPSA) is 26.3 Å². The summed E-state index contributed by atoms with van der Waals surface area (Å²) in [5.74, 6) is 0. The minimum Gasteiger partial charge on any atom is -0.464 e. The van der Waals surface area contributed by atoms with Gasteiger partial charge in [-0.3, -0.25) is 0 Å². The average molecular weight is 248 g/mol. The summed E-state index contributed by atoms with van der Waals surface area (Å²) < 4.78 is 11.2. The number of benzene rings is 2. The molecule has 19 heavy (non-hydrogen) atoms. The summed E-state index contributed by atoms with van der Waals surface area (Å²) in [6.45, 7) is 2.06. The van der Waals surface area contributed by atoms with Crippen molar-refractivity contribution in [3.8, 4) is 11.1 Å². The third kappa shape index (κ3) is 1.43. The molecule has 2 aromatic carbocycles. The predicted octanol–water partition coefficient (Wildman–Crippen LogP) is 5.15. The van der Waals surface area contributed by atoms with Gasteiger partial charge in [-0.15, -0.1) is 0 Å². The average Bonchev–Trinajstić information content (AvgIpc) is 3.08. The van der Waals surface area contributed by atoms with E-state index in [1.165, 1.54) is 0 Å². The van der Waals surface area contributed by atoms with Gasteiger partial charge < -0.3 is 8.83 Å². The summed E-state index contributed by atoms with van der Waals surface area (Å²) >= 11 is 0. The van der Waals surface area contributed by atoms with Crippen LogP contribution in [-0.4, -0.2) is 0 Å². The Morgan fingerprint density at radius 3 is 2.53 bits per heavy atom. The third-order valence-electron chi connectivity index (χ3n) is 3.58. The van der Waals surface area contributed by atoms with Crippen LogP contribution in [0.4, 0.5) is 0 Å². The molecule has 0 atom stereocenters. The van der Waals surface area contributed by atoms with Gasteiger partial charge in [-0.25, -0.2) is 0 Å². The van der Waals surface area contributed by atoms with E-state index in [-0.39, 0.29) is 0 Å². The molecule has 92 valence electrons. The van der Waals surface area contributed by atoms with Gasteiger partial charge in [0.1, 0.15) is 11.2 Å². The van der Waals surface area contributed by atoms with Crippen molar-refractivity contribution >= 4 is 21.9 Å². The lowest BCUT2D eigenvalue weighted by Gasteiger charge is -2.05. The van der Waals surface area contributed by atoms with Gasteiger partial charge in [-0.05, 0) is 30.2 Å². The van der Waals surface area contributed by atoms with Crippen molar-refractivity contribution in [2.45, 2.75) is 6.92 Å². The molecular weight excluding hydrogens is 236 g/mol. The molecule has 0 radical (unpaired) electrons. The quantitative estimate of drug-likeness (QED) is 0.465. The number of hydrogen-bond acceptors (Lipinski definition) is 2. The Hall–Kier alpha value is -2.48. The number of fused-ring (bicyclic) bond motifs is 2. The van der Waals surface area contributed by atoms with E-state index in [1.54, 1.807) is 12.5 Å². The summed E-state index contributed by atoms with van der Waals surface area (Å²) in [5.41, 5.74) is 5.27. The molecule has 4 rings (SSSR count). The maximum atomic E-state index is 5.63. The summed E-state index contributed by atoms with van der Waals surface area (Å²) in [5, 5.41) is 2.25. The molecule has 0 unspecified atom stereocenters. The molecular formula is C17H12O2. The van der Waals surface area contributed by atoms with Crippen LogP contribution in [0.25, 0.3) is 33.1 Å². The molecule has 2 nitrogen and oxygen atoms in total. The lowest BCUT2D eigenvalue weighted by Crippen LogP contribution is -1.82. The summed E-state index contributed by atoms with van der Waals surface area (Å²) in [6, 6.07) is 14.4. The zero-order valence-corrected chi connectivity index (χ0v) is 10.5. The van der Waals surface area contributed by atoms with Gasteiger partial charge in [-0.1, -0.05) is 30.3 Å². The SMILES string of the molecule is Cc1ccc(-c2cccc3ccoc23)c2ccoc12. The molecule has 4 aromatic rings. The van der Waals surface area contributed by atoms with Crippen molar-refractivity contribution in [3.05, 3.63) is 60.6 Å². The first kappa shape index (κ1) is 10.4. The number of furan rings is 2. The Kier molecular flexibility index (Phi) is 2.06. The monoisotopic (exact) mass is 248 g/mol. The zero-order valence-electron chi connectivity index (χ0n) is 10.5. The van der Waals surface area contributed by atoms with Crippen LogP contribution >= 0.6 is 0 Å². The molecule has 2 heteroatoms. The number of aryl methyl sites for hydroxylation is 1. The van der Waals surface area contributed by atoms with Crippen LogP contribution in [0.3, 0.4) is 0 Å². The maximum Gasteiger partial charge on any atom is 0.141 e. The molecule has 0 saturated heterocycles. The molecule has 0 N–H and O–H groups in total. The number of para-hydroxylation sites is 1. The number of rotatable bonds is 1. The molecule has 0 aliphatic rings. The van der Waals surface area contributed by atoms with Crippen LogP contribution in [0.15, 0.2) is 63.8 Å². The van der Waals surface area contributed by atoms with Gasteiger partial charge in [0.2, 0.25) is 0 Å². The van der Waals surface area contributed by atoms with E-state index >= 15 is 0 Å². The number of hydrogen-bond donors (Lipinski definition) is 0. The molecule has 0 bridgehead atoms. The fraction of sp³-hybridized carbons (Fsp3) is 0.0588. The van der Waals surface area contributed by atoms with E-state index in [0.717, 1.165) is 38.6 Å². The van der Waals surface area contributed by atoms with Crippen LogP contribution in [0.2, 0.25) is 0 Å². The molecule has 0 fully saturated rings. The van der Waals surface area contributed by atoms with E-state index in [1.807, 2.05) is 12.1 Å². The van der Waals surface area contributed by atoms with E-state index in [4.69, 9.17) is 8.83 Å². The van der Waals surface area contributed by atoms with Gasteiger partial charge >= 0.3 is 0 Å². The highest BCUT2D eigenvalue weighted by Gasteiger charge is 2.12. The highest BCUT2D eigenvalue weighted by atomic mass is 16.3. The van der Waals surface area contributed by atoms with Crippen LogP contribution in [0, 0.1) is 6.92 Å². The van der Waals surface area contributed by atoms with Crippen LogP contribution in [-0.2, 0) is 0 Å². The van der Waals surface area contributed by atoms with Crippen LogP contribution < -0.4 is 0 Å². The third-order valence-corrected chi connectivity index (χ3v) is 3.58. The lowest BCUT2D eigenvalue weighted by atomic mass is 9.98. The van der Waals surface area contributed by atoms with Crippen LogP contribution in [0.5, 0.6) is 0 Å². The molecule has 0 amide bonds. The van der Waals surface area contributed by atoms with E-state index < -0.39 is 0 Å². The largest absolute Gasteiger partial charge is 0.464 e. The second-order valence-electron chi connectivity index (χ2n) is 4.74. The lowest BCUT2D eigenvalue weighted by molar-refractivity contribution is 0.613. The van der Waals surface area contributed by atoms with E-state index in [9.17, 15) is 0 Å². The predicted molar refractivity (Wildman–Crippen MR) is 76.2 cm³/mol. The highest BCUT2D eigenvalue weighted by Crippen LogP contribution is 2.35. The Balaban J connectivity index is 2.12. The maximum absolute atomic E-state index is 5.63. The molecule has 0 spiro atoms. The minimum absolute atomic E-state index is 0.925. The molecule has 0 aliphatic heterocycles. The van der Waals surface area contributed by atoms with Crippen molar-refractivity contribution in [1.29, 1.82) is 0 Å².